The third-order valence-electron chi connectivity index (χ3n) is 7.34. The molecule has 0 radical (unpaired) electrons. The number of carbonyl (C=O) groups excluding carboxylic acids is 4. The molecule has 4 fully saturated rings. The molecule has 0 saturated carbocycles. The lowest BCUT2D eigenvalue weighted by Gasteiger charge is -2.33. The molecule has 4 aliphatic heterocycles. The van der Waals surface area contributed by atoms with Gasteiger partial charge >= 0.3 is 23.9 Å². The molecule has 184 valence electrons. The van der Waals surface area contributed by atoms with Gasteiger partial charge < -0.3 is 33.2 Å². The minimum atomic E-state index is -1.43. The topological polar surface area (TPSA) is 143 Å². The normalized spacial score (nSPS) is 46.0. The van der Waals surface area contributed by atoms with Crippen molar-refractivity contribution in [1.82, 2.24) is 0 Å². The van der Waals surface area contributed by atoms with Gasteiger partial charge in [0.25, 0.3) is 0 Å². The van der Waals surface area contributed by atoms with E-state index in [4.69, 9.17) is 33.2 Å². The first kappa shape index (κ1) is 23.0. The monoisotopic (exact) mass is 478 g/mol. The summed E-state index contributed by atoms with van der Waals surface area (Å²) in [7, 11) is 1.17. The number of carbonyl (C=O) groups is 4. The zero-order valence-electron chi connectivity index (χ0n) is 19.4. The fourth-order valence-corrected chi connectivity index (χ4v) is 4.99. The molecule has 11 heteroatoms. The predicted molar refractivity (Wildman–Crippen MR) is 109 cm³/mol. The third-order valence-corrected chi connectivity index (χ3v) is 7.34. The Morgan fingerprint density at radius 1 is 1.12 bits per heavy atom. The standard InChI is InChI=1S/C23H26O11/c1-8-13-15(32-21(27)22(4)9(2)33-22)14(29-10(3)24)11(20(26)28-6)7-12-17(30-12)23(5)18(34-23)16(13)31-19(8)25/h7,9,12-18H,1H2,2-6H3/t9-,12+,13+,14+,15-,16-,17+,18+,22-,23-/m0/s1. The van der Waals surface area contributed by atoms with Gasteiger partial charge in [-0.1, -0.05) is 6.58 Å². The molecule has 0 aromatic rings. The van der Waals surface area contributed by atoms with Crippen LogP contribution in [-0.4, -0.2) is 84.9 Å². The Bertz CT molecular complexity index is 1030. The summed E-state index contributed by atoms with van der Waals surface area (Å²) < 4.78 is 39.0. The number of hydrogen-bond donors (Lipinski definition) is 0. The molecule has 0 bridgehead atoms. The molecule has 4 heterocycles. The molecule has 10 atom stereocenters. The van der Waals surface area contributed by atoms with Crippen molar-refractivity contribution in [2.24, 2.45) is 5.92 Å². The first-order valence-corrected chi connectivity index (χ1v) is 11.0. The molecule has 5 rings (SSSR count). The van der Waals surface area contributed by atoms with Crippen LogP contribution >= 0.6 is 0 Å². The summed E-state index contributed by atoms with van der Waals surface area (Å²) in [6.07, 6.45) is -4.16. The average Bonchev–Trinajstić information content (AvgIpc) is 3.71. The van der Waals surface area contributed by atoms with Crippen LogP contribution in [0.25, 0.3) is 0 Å². The molecule has 11 nitrogen and oxygen atoms in total. The molecule has 4 saturated heterocycles. The Hall–Kier alpha value is -2.76. The summed E-state index contributed by atoms with van der Waals surface area (Å²) >= 11 is 0. The van der Waals surface area contributed by atoms with E-state index in [1.807, 2.05) is 6.92 Å². The maximum atomic E-state index is 13.1. The smallest absolute Gasteiger partial charge is 0.341 e. The summed E-state index contributed by atoms with van der Waals surface area (Å²) in [5.74, 6) is -3.97. The highest BCUT2D eigenvalue weighted by atomic mass is 16.7. The highest BCUT2D eigenvalue weighted by Crippen LogP contribution is 2.56. The van der Waals surface area contributed by atoms with Gasteiger partial charge in [0.05, 0.1) is 24.7 Å². The first-order valence-electron chi connectivity index (χ1n) is 11.0. The van der Waals surface area contributed by atoms with Gasteiger partial charge in [-0.3, -0.25) is 4.79 Å². The molecule has 0 spiro atoms. The van der Waals surface area contributed by atoms with Crippen molar-refractivity contribution in [2.45, 2.75) is 81.6 Å². The van der Waals surface area contributed by atoms with Gasteiger partial charge in [-0.25, -0.2) is 14.4 Å². The van der Waals surface area contributed by atoms with Crippen LogP contribution in [0.1, 0.15) is 27.7 Å². The Labute approximate surface area is 195 Å². The van der Waals surface area contributed by atoms with E-state index in [1.54, 1.807) is 13.8 Å². The van der Waals surface area contributed by atoms with E-state index in [2.05, 4.69) is 6.58 Å². The van der Waals surface area contributed by atoms with Crippen molar-refractivity contribution in [3.8, 4) is 0 Å². The highest BCUT2D eigenvalue weighted by Gasteiger charge is 2.73. The second kappa shape index (κ2) is 7.37. The Morgan fingerprint density at radius 3 is 2.38 bits per heavy atom. The molecule has 5 aliphatic rings. The second-order valence-corrected chi connectivity index (χ2v) is 9.55. The van der Waals surface area contributed by atoms with E-state index in [0.29, 0.717) is 0 Å². The number of fused-ring (bicyclic) bond motifs is 5. The fourth-order valence-electron chi connectivity index (χ4n) is 4.99. The van der Waals surface area contributed by atoms with Crippen LogP contribution in [0, 0.1) is 5.92 Å². The largest absolute Gasteiger partial charge is 0.466 e. The average molecular weight is 478 g/mol. The molecule has 0 unspecified atom stereocenters. The van der Waals surface area contributed by atoms with Gasteiger partial charge in [0.2, 0.25) is 0 Å². The van der Waals surface area contributed by atoms with Crippen LogP contribution in [0.15, 0.2) is 23.8 Å². The maximum Gasteiger partial charge on any atom is 0.341 e. The fraction of sp³-hybridized carbons (Fsp3) is 0.652. The van der Waals surface area contributed by atoms with Gasteiger partial charge in [0.1, 0.15) is 30.0 Å². The van der Waals surface area contributed by atoms with Crippen molar-refractivity contribution < 1.29 is 52.3 Å². The SMILES string of the molecule is C=C1C(=O)O[C@H]2[C@H]1[C@H](OC(=O)[C@@]1(C)O[C@H]1C)[C@H](OC(C)=O)C(C(=O)OC)=C[C@H]1O[C@H]1[C@]1(C)O[C@H]21. The molecule has 0 N–H and O–H groups in total. The van der Waals surface area contributed by atoms with Gasteiger partial charge in [-0.15, -0.1) is 0 Å². The van der Waals surface area contributed by atoms with Crippen molar-refractivity contribution in [1.29, 1.82) is 0 Å². The highest BCUT2D eigenvalue weighted by molar-refractivity contribution is 5.93. The Kier molecular flexibility index (Phi) is 4.98. The van der Waals surface area contributed by atoms with Crippen LogP contribution in [0.5, 0.6) is 0 Å². The van der Waals surface area contributed by atoms with Gasteiger partial charge in [0.15, 0.2) is 17.8 Å². The Balaban J connectivity index is 1.63. The predicted octanol–water partition coefficient (Wildman–Crippen LogP) is 0.143. The van der Waals surface area contributed by atoms with Gasteiger partial charge in [-0.05, 0) is 26.8 Å². The number of methoxy groups -OCH3 is 1. The summed E-state index contributed by atoms with van der Waals surface area (Å²) in [5.41, 5.74) is -2.10. The Morgan fingerprint density at radius 2 is 1.79 bits per heavy atom. The zero-order chi connectivity index (χ0) is 24.7. The van der Waals surface area contributed by atoms with Crippen molar-refractivity contribution in [2.75, 3.05) is 7.11 Å². The molecular formula is C23H26O11. The van der Waals surface area contributed by atoms with Crippen LogP contribution in [0.4, 0.5) is 0 Å². The van der Waals surface area contributed by atoms with Crippen molar-refractivity contribution in [3.05, 3.63) is 23.8 Å². The molecule has 0 aromatic carbocycles. The number of hydrogen-bond acceptors (Lipinski definition) is 11. The lowest BCUT2D eigenvalue weighted by atomic mass is 9.80. The molecule has 34 heavy (non-hydrogen) atoms. The van der Waals surface area contributed by atoms with E-state index >= 15 is 0 Å². The van der Waals surface area contributed by atoms with Gasteiger partial charge in [-0.2, -0.15) is 0 Å². The summed E-state index contributed by atoms with van der Waals surface area (Å²) in [5, 5.41) is 0. The minimum Gasteiger partial charge on any atom is -0.466 e. The first-order chi connectivity index (χ1) is 15.9. The quantitative estimate of drug-likeness (QED) is 0.236. The van der Waals surface area contributed by atoms with E-state index in [1.165, 1.54) is 13.2 Å². The van der Waals surface area contributed by atoms with E-state index in [-0.39, 0.29) is 11.1 Å². The summed E-state index contributed by atoms with van der Waals surface area (Å²) in [4.78, 5) is 50.7. The van der Waals surface area contributed by atoms with E-state index < -0.39 is 83.7 Å². The van der Waals surface area contributed by atoms with Gasteiger partial charge in [0, 0.05) is 12.5 Å². The third kappa shape index (κ3) is 3.37. The minimum absolute atomic E-state index is 0.00535. The van der Waals surface area contributed by atoms with E-state index in [9.17, 15) is 19.2 Å². The lowest BCUT2D eigenvalue weighted by molar-refractivity contribution is -0.175. The molecule has 0 aromatic heterocycles. The molecule has 1 aliphatic carbocycles. The summed E-state index contributed by atoms with van der Waals surface area (Å²) in [6.45, 7) is 10.1. The molecule has 0 amide bonds. The van der Waals surface area contributed by atoms with E-state index in [0.717, 1.165) is 6.92 Å². The van der Waals surface area contributed by atoms with Crippen LogP contribution in [-0.2, 0) is 52.3 Å². The molecular weight excluding hydrogens is 452 g/mol. The maximum absolute atomic E-state index is 13.1. The number of esters is 4. The number of rotatable bonds is 4. The van der Waals surface area contributed by atoms with Crippen molar-refractivity contribution in [3.63, 3.8) is 0 Å². The lowest BCUT2D eigenvalue weighted by Crippen LogP contribution is -2.50. The van der Waals surface area contributed by atoms with Crippen molar-refractivity contribution >= 4 is 23.9 Å². The van der Waals surface area contributed by atoms with Crippen LogP contribution in [0.3, 0.4) is 0 Å². The summed E-state index contributed by atoms with van der Waals surface area (Å²) in [6, 6.07) is 0. The zero-order valence-corrected chi connectivity index (χ0v) is 19.4. The number of epoxide rings is 3. The van der Waals surface area contributed by atoms with Crippen LogP contribution < -0.4 is 0 Å². The second-order valence-electron chi connectivity index (χ2n) is 9.55. The number of ether oxygens (including phenoxy) is 7. The van der Waals surface area contributed by atoms with Crippen LogP contribution in [0.2, 0.25) is 0 Å².